The lowest BCUT2D eigenvalue weighted by atomic mass is 10.1. The van der Waals surface area contributed by atoms with Gasteiger partial charge in [-0.2, -0.15) is 5.10 Å². The number of nitrogens with zero attached hydrogens (tertiary/aromatic N) is 9. The zero-order chi connectivity index (χ0) is 25.0. The number of amides is 1. The molecule has 12 nitrogen and oxygen atoms in total. The number of hydrogen-bond acceptors (Lipinski definition) is 10. The highest BCUT2D eigenvalue weighted by Gasteiger charge is 2.36. The Morgan fingerprint density at radius 1 is 1.03 bits per heavy atom. The lowest BCUT2D eigenvalue weighted by molar-refractivity contribution is -0.118. The topological polar surface area (TPSA) is 145 Å². The molecule has 1 aliphatic heterocycles. The van der Waals surface area contributed by atoms with E-state index >= 15 is 0 Å². The van der Waals surface area contributed by atoms with Crippen molar-refractivity contribution in [3.05, 3.63) is 24.5 Å². The van der Waals surface area contributed by atoms with Crippen molar-refractivity contribution in [3.8, 4) is 22.8 Å². The number of aromatic nitrogens is 7. The van der Waals surface area contributed by atoms with Crippen LogP contribution in [0.2, 0.25) is 0 Å². The maximum atomic E-state index is 11.0. The van der Waals surface area contributed by atoms with Crippen LogP contribution in [-0.2, 0) is 10.3 Å². The summed E-state index contributed by atoms with van der Waals surface area (Å²) in [6.07, 6.45) is 8.03. The Bertz CT molecular complexity index is 1420. The minimum absolute atomic E-state index is 0.283. The molecule has 6 rings (SSSR count). The Labute approximate surface area is 207 Å². The van der Waals surface area contributed by atoms with Crippen molar-refractivity contribution < 1.29 is 9.32 Å². The van der Waals surface area contributed by atoms with Gasteiger partial charge < -0.3 is 20.1 Å². The van der Waals surface area contributed by atoms with E-state index in [-0.39, 0.29) is 11.5 Å². The van der Waals surface area contributed by atoms with Crippen LogP contribution >= 0.6 is 0 Å². The van der Waals surface area contributed by atoms with E-state index in [4.69, 9.17) is 25.3 Å². The van der Waals surface area contributed by atoms with E-state index in [0.717, 1.165) is 49.4 Å². The number of nitrogen functional groups attached to an aromatic ring is 1. The van der Waals surface area contributed by atoms with Crippen molar-refractivity contribution >= 4 is 28.9 Å². The van der Waals surface area contributed by atoms with Crippen LogP contribution in [0, 0.1) is 0 Å². The molecule has 2 aliphatic rings. The maximum absolute atomic E-state index is 11.0. The Morgan fingerprint density at radius 3 is 2.39 bits per heavy atom. The molecule has 5 heterocycles. The first-order valence-corrected chi connectivity index (χ1v) is 12.1. The van der Waals surface area contributed by atoms with E-state index < -0.39 is 0 Å². The average molecular weight is 489 g/mol. The van der Waals surface area contributed by atoms with Gasteiger partial charge in [-0.15, -0.1) is 0 Å². The summed E-state index contributed by atoms with van der Waals surface area (Å²) in [4.78, 5) is 33.1. The molecule has 4 aromatic rings. The predicted molar refractivity (Wildman–Crippen MR) is 133 cm³/mol. The van der Waals surface area contributed by atoms with Gasteiger partial charge in [0.05, 0.1) is 34.6 Å². The summed E-state index contributed by atoms with van der Waals surface area (Å²) < 4.78 is 7.71. The highest BCUT2D eigenvalue weighted by Crippen LogP contribution is 2.48. The summed E-state index contributed by atoms with van der Waals surface area (Å²) >= 11 is 0. The van der Waals surface area contributed by atoms with Crippen LogP contribution in [0.3, 0.4) is 0 Å². The standard InChI is InChI=1S/C24H28N10O2/c1-24(2,3)34-23-17(21(25)28-12-29-23)18(30-34)19-16(20(36-31-19)14-4-5-14)22-26-10-15(11-27-22)33-8-6-32(13-35)7-9-33/h10-14H,4-9H2,1-3H3,(H2,25,28,29). The fraction of sp³-hybridized carbons (Fsp3) is 0.458. The lowest BCUT2D eigenvalue weighted by Gasteiger charge is -2.33. The summed E-state index contributed by atoms with van der Waals surface area (Å²) in [5.74, 6) is 1.91. The zero-order valence-corrected chi connectivity index (χ0v) is 20.5. The zero-order valence-electron chi connectivity index (χ0n) is 20.5. The molecule has 0 atom stereocenters. The second kappa shape index (κ2) is 8.25. The number of carbonyl (C=O) groups excluding carboxylic acids is 1. The Morgan fingerprint density at radius 2 is 1.75 bits per heavy atom. The molecule has 4 aromatic heterocycles. The van der Waals surface area contributed by atoms with Gasteiger partial charge in [-0.1, -0.05) is 5.16 Å². The molecule has 1 amide bonds. The summed E-state index contributed by atoms with van der Waals surface area (Å²) in [5.41, 5.74) is 9.36. The molecule has 0 bridgehead atoms. The van der Waals surface area contributed by atoms with E-state index in [2.05, 4.69) is 40.8 Å². The van der Waals surface area contributed by atoms with Crippen LogP contribution in [-0.4, -0.2) is 72.4 Å². The third kappa shape index (κ3) is 3.73. The lowest BCUT2D eigenvalue weighted by Crippen LogP contribution is -2.45. The van der Waals surface area contributed by atoms with Crippen molar-refractivity contribution in [1.29, 1.82) is 0 Å². The molecule has 2 N–H and O–H groups in total. The van der Waals surface area contributed by atoms with Gasteiger partial charge in [0.15, 0.2) is 17.2 Å². The molecule has 2 fully saturated rings. The first-order valence-electron chi connectivity index (χ1n) is 12.1. The van der Waals surface area contributed by atoms with Gasteiger partial charge in [0.2, 0.25) is 6.41 Å². The van der Waals surface area contributed by atoms with Gasteiger partial charge >= 0.3 is 0 Å². The van der Waals surface area contributed by atoms with E-state index in [1.165, 1.54) is 6.33 Å². The molecule has 0 spiro atoms. The summed E-state index contributed by atoms with van der Waals surface area (Å²) in [5, 5.41) is 9.97. The third-order valence-electron chi connectivity index (χ3n) is 6.71. The number of rotatable bonds is 5. The molecule has 36 heavy (non-hydrogen) atoms. The molecule has 12 heteroatoms. The van der Waals surface area contributed by atoms with Gasteiger partial charge in [-0.25, -0.2) is 24.6 Å². The van der Waals surface area contributed by atoms with Crippen LogP contribution in [0.1, 0.15) is 45.3 Å². The van der Waals surface area contributed by atoms with Crippen LogP contribution in [0.25, 0.3) is 33.8 Å². The van der Waals surface area contributed by atoms with Gasteiger partial charge in [-0.05, 0) is 33.6 Å². The molecule has 1 saturated heterocycles. The Hall–Kier alpha value is -4.09. The molecule has 0 unspecified atom stereocenters. The number of piperazine rings is 1. The highest BCUT2D eigenvalue weighted by molar-refractivity contribution is 6.00. The highest BCUT2D eigenvalue weighted by atomic mass is 16.5. The van der Waals surface area contributed by atoms with E-state index in [0.29, 0.717) is 47.2 Å². The van der Waals surface area contributed by atoms with Crippen molar-refractivity contribution in [2.75, 3.05) is 36.8 Å². The Kier molecular flexibility index (Phi) is 5.13. The van der Waals surface area contributed by atoms with Crippen molar-refractivity contribution in [2.45, 2.75) is 45.1 Å². The van der Waals surface area contributed by atoms with Crippen LogP contribution < -0.4 is 10.6 Å². The third-order valence-corrected chi connectivity index (χ3v) is 6.71. The largest absolute Gasteiger partial charge is 0.383 e. The molecular formula is C24H28N10O2. The normalized spacial score (nSPS) is 16.6. The smallest absolute Gasteiger partial charge is 0.209 e. The quantitative estimate of drug-likeness (QED) is 0.416. The summed E-state index contributed by atoms with van der Waals surface area (Å²) in [6.45, 7) is 9.00. The Balaban J connectivity index is 1.45. The first-order chi connectivity index (χ1) is 17.3. The molecule has 1 saturated carbocycles. The molecule has 186 valence electrons. The summed E-state index contributed by atoms with van der Waals surface area (Å²) in [6, 6.07) is 0. The van der Waals surface area contributed by atoms with E-state index in [1.807, 2.05) is 17.1 Å². The van der Waals surface area contributed by atoms with Crippen molar-refractivity contribution in [2.24, 2.45) is 0 Å². The van der Waals surface area contributed by atoms with E-state index in [9.17, 15) is 4.79 Å². The number of carbonyl (C=O) groups is 1. The van der Waals surface area contributed by atoms with Crippen LogP contribution in [0.5, 0.6) is 0 Å². The van der Waals surface area contributed by atoms with Crippen LogP contribution in [0.15, 0.2) is 23.2 Å². The van der Waals surface area contributed by atoms with Gasteiger partial charge in [0.25, 0.3) is 0 Å². The molecule has 0 aromatic carbocycles. The molecule has 1 aliphatic carbocycles. The van der Waals surface area contributed by atoms with Crippen LogP contribution in [0.4, 0.5) is 11.5 Å². The first kappa shape index (κ1) is 22.4. The van der Waals surface area contributed by atoms with E-state index in [1.54, 1.807) is 4.90 Å². The minimum Gasteiger partial charge on any atom is -0.383 e. The fourth-order valence-electron chi connectivity index (χ4n) is 4.61. The number of fused-ring (bicyclic) bond motifs is 1. The number of nitrogens with two attached hydrogens (primary N) is 1. The molecular weight excluding hydrogens is 460 g/mol. The van der Waals surface area contributed by atoms with Gasteiger partial charge in [0.1, 0.15) is 23.5 Å². The maximum Gasteiger partial charge on any atom is 0.209 e. The monoisotopic (exact) mass is 488 g/mol. The SMILES string of the molecule is CC(C)(C)n1nc(-c2noc(C3CC3)c2-c2ncc(N3CCN(C=O)CC3)cn2)c2c(N)ncnc21. The van der Waals surface area contributed by atoms with Crippen molar-refractivity contribution in [1.82, 2.24) is 39.8 Å². The summed E-state index contributed by atoms with van der Waals surface area (Å²) in [7, 11) is 0. The fourth-order valence-corrected chi connectivity index (χ4v) is 4.61. The minimum atomic E-state index is -0.341. The number of hydrogen-bond donors (Lipinski definition) is 1. The predicted octanol–water partition coefficient (Wildman–Crippen LogP) is 2.43. The number of anilines is 2. The second-order valence-electron chi connectivity index (χ2n) is 10.3. The average Bonchev–Trinajstić information content (AvgIpc) is 3.49. The van der Waals surface area contributed by atoms with Crippen molar-refractivity contribution in [3.63, 3.8) is 0 Å². The second-order valence-corrected chi connectivity index (χ2v) is 10.3. The molecule has 0 radical (unpaired) electrons. The van der Waals surface area contributed by atoms with Gasteiger partial charge in [-0.3, -0.25) is 4.79 Å². The van der Waals surface area contributed by atoms with Gasteiger partial charge in [0, 0.05) is 32.1 Å².